The fraction of sp³-hybridized carbons (Fsp3) is 0.431. The first-order valence-corrected chi connectivity index (χ1v) is 30.1. The molecule has 23 heteroatoms. The van der Waals surface area contributed by atoms with Gasteiger partial charge in [-0.1, -0.05) is 99.8 Å². The third-order valence-corrected chi connectivity index (χ3v) is 14.4. The number of hydrogen-bond acceptors (Lipinski definition) is 13. The fourth-order valence-corrected chi connectivity index (χ4v) is 9.59. The summed E-state index contributed by atoms with van der Waals surface area (Å²) in [6.07, 6.45) is 10.3. The summed E-state index contributed by atoms with van der Waals surface area (Å²) in [7, 11) is 0. The Balaban J connectivity index is 0.000000204. The number of rotatable bonds is 18. The molecule has 0 unspecified atom stereocenters. The zero-order chi connectivity index (χ0) is 64.8. The van der Waals surface area contributed by atoms with Crippen LogP contribution in [0.4, 0.5) is 0 Å². The lowest BCUT2D eigenvalue weighted by atomic mass is 10.1. The molecular formula is C65H85N15O8. The first kappa shape index (κ1) is 67.7. The Morgan fingerprint density at radius 2 is 0.705 bits per heavy atom. The summed E-state index contributed by atoms with van der Waals surface area (Å²) >= 11 is 0. The summed E-state index contributed by atoms with van der Waals surface area (Å²) in [5, 5.41) is 42.9. The third-order valence-electron chi connectivity index (χ3n) is 14.4. The number of aromatic nitrogens is 9. The quantitative estimate of drug-likeness (QED) is 0.0404. The Morgan fingerprint density at radius 3 is 0.920 bits per heavy atom. The van der Waals surface area contributed by atoms with Crippen LogP contribution in [0.15, 0.2) is 87.6 Å². The molecule has 0 saturated carbocycles. The molecule has 9 heterocycles. The van der Waals surface area contributed by atoms with Crippen molar-refractivity contribution in [1.29, 1.82) is 16.2 Å². The van der Waals surface area contributed by atoms with Crippen LogP contribution in [0.3, 0.4) is 0 Å². The summed E-state index contributed by atoms with van der Waals surface area (Å²) in [5.41, 5.74) is 5.93. The van der Waals surface area contributed by atoms with Gasteiger partial charge < -0.3 is 34.8 Å². The number of carboxylic acid groups (broad SMARTS) is 1. The number of carbonyl (C=O) groups excluding carboxylic acids is 3. The van der Waals surface area contributed by atoms with Crippen molar-refractivity contribution in [3.8, 4) is 0 Å². The number of nitrogens with one attached hydrogen (secondary N) is 6. The summed E-state index contributed by atoms with van der Waals surface area (Å²) in [4.78, 5) is 101. The zero-order valence-electron chi connectivity index (χ0n) is 53.0. The van der Waals surface area contributed by atoms with Gasteiger partial charge in [-0.25, -0.2) is 15.0 Å². The second-order valence-electron chi connectivity index (χ2n) is 23.2. The Kier molecular flexibility index (Phi) is 23.3. The van der Waals surface area contributed by atoms with Crippen LogP contribution in [0, 0.1) is 54.8 Å². The lowest BCUT2D eigenvalue weighted by Gasteiger charge is -2.15. The number of amides is 3. The van der Waals surface area contributed by atoms with E-state index in [0.717, 1.165) is 62.1 Å². The highest BCUT2D eigenvalue weighted by atomic mass is 16.4. The van der Waals surface area contributed by atoms with Gasteiger partial charge in [-0.15, -0.1) is 0 Å². The number of hydrogen-bond donors (Lipinski definition) is 7. The molecule has 0 aliphatic carbocycles. The van der Waals surface area contributed by atoms with E-state index in [1.165, 1.54) is 31.4 Å². The molecule has 0 spiro atoms. The molecule has 9 aromatic rings. The van der Waals surface area contributed by atoms with Crippen LogP contribution >= 0.6 is 0 Å². The van der Waals surface area contributed by atoms with Gasteiger partial charge in [0.25, 0.3) is 40.4 Å². The fourth-order valence-electron chi connectivity index (χ4n) is 9.59. The highest BCUT2D eigenvalue weighted by molar-refractivity contribution is 5.98. The number of fused-ring (bicyclic) bond motifs is 6. The molecule has 0 aliphatic rings. The molecule has 0 atom stereocenters. The Labute approximate surface area is 509 Å². The molecule has 0 saturated heterocycles. The second-order valence-corrected chi connectivity index (χ2v) is 23.2. The Hall–Kier alpha value is -9.41. The predicted molar refractivity (Wildman–Crippen MR) is 342 cm³/mol. The molecule has 0 fully saturated rings. The number of unbranched alkanes of at least 4 members (excludes halogenated alkanes) is 3. The van der Waals surface area contributed by atoms with Gasteiger partial charge >= 0.3 is 0 Å². The van der Waals surface area contributed by atoms with Crippen molar-refractivity contribution < 1.29 is 24.3 Å². The van der Waals surface area contributed by atoms with Gasteiger partial charge in [-0.2, -0.15) is 0 Å². The van der Waals surface area contributed by atoms with Crippen LogP contribution in [0.2, 0.25) is 0 Å². The van der Waals surface area contributed by atoms with Gasteiger partial charge in [0.2, 0.25) is 0 Å². The van der Waals surface area contributed by atoms with Crippen molar-refractivity contribution in [2.45, 2.75) is 148 Å². The van der Waals surface area contributed by atoms with Crippen LogP contribution in [-0.4, -0.2) is 90.3 Å². The predicted octanol–water partition coefficient (Wildman–Crippen LogP) is 7.96. The number of aliphatic carboxylic acids is 1. The number of carboxylic acids is 1. The van der Waals surface area contributed by atoms with E-state index in [0.29, 0.717) is 107 Å². The van der Waals surface area contributed by atoms with Crippen LogP contribution in [-0.2, 0) is 24.4 Å². The maximum atomic E-state index is 13.1. The molecule has 23 nitrogen and oxygen atoms in total. The highest BCUT2D eigenvalue weighted by Crippen LogP contribution is 2.17. The van der Waals surface area contributed by atoms with Crippen LogP contribution in [0.1, 0.15) is 156 Å². The standard InChI is InChI=1S/3C21H27N5O2.C2H4O2/c3*1-5-6-9-25-17(22)15(20(27)23-12-13(2)3)11-16-19(25)24-18-14(4)8-7-10-26(18)21(16)28;1-2(3)4/h3*7-8,10-11,13,22H,5-6,9,12H2,1-4H3,(H,23,27);1H3,(H,3,4). The topological polar surface area (TPSA) is 314 Å². The second kappa shape index (κ2) is 30.3. The van der Waals surface area contributed by atoms with Gasteiger partial charge in [-0.05, 0) is 111 Å². The maximum Gasteiger partial charge on any atom is 0.300 e. The van der Waals surface area contributed by atoms with Crippen molar-refractivity contribution in [1.82, 2.24) is 57.8 Å². The number of nitrogens with zero attached hydrogens (tertiary/aromatic N) is 9. The molecular weight excluding hydrogens is 1120 g/mol. The largest absolute Gasteiger partial charge is 0.481 e. The van der Waals surface area contributed by atoms with Gasteiger partial charge in [0.15, 0.2) is 0 Å². The Morgan fingerprint density at radius 1 is 0.466 bits per heavy atom. The molecule has 88 heavy (non-hydrogen) atoms. The van der Waals surface area contributed by atoms with Gasteiger partial charge in [0.05, 0.1) is 32.8 Å². The molecule has 468 valence electrons. The van der Waals surface area contributed by atoms with E-state index in [1.807, 2.05) is 80.5 Å². The van der Waals surface area contributed by atoms with Crippen molar-refractivity contribution >= 4 is 73.7 Å². The highest BCUT2D eigenvalue weighted by Gasteiger charge is 2.22. The molecule has 7 N–H and O–H groups in total. The lowest BCUT2D eigenvalue weighted by Crippen LogP contribution is -2.36. The maximum absolute atomic E-state index is 13.1. The summed E-state index contributed by atoms with van der Waals surface area (Å²) < 4.78 is 9.58. The summed E-state index contributed by atoms with van der Waals surface area (Å²) in [6, 6.07) is 15.7. The number of aryl methyl sites for hydroxylation is 6. The van der Waals surface area contributed by atoms with E-state index in [9.17, 15) is 28.8 Å². The minimum atomic E-state index is -0.833. The Bertz CT molecular complexity index is 4030. The van der Waals surface area contributed by atoms with Crippen LogP contribution in [0.5, 0.6) is 0 Å². The van der Waals surface area contributed by atoms with E-state index in [2.05, 4.69) is 36.7 Å². The van der Waals surface area contributed by atoms with Gasteiger partial charge in [0, 0.05) is 64.8 Å². The SMILES string of the molecule is CC(=O)O.CCCCn1c(=N)c(C(=O)NCC(C)C)cc2c(=O)n3cccc(C)c3nc21.CCCCn1c(=N)c(C(=O)NCC(C)C)cc2c(=O)n3cccc(C)c3nc21.CCCCn1c(=N)c(C(=O)NCC(C)C)cc2c(=O)n3cccc(C)c3nc21. The molecule has 9 rings (SSSR count). The smallest absolute Gasteiger partial charge is 0.300 e. The molecule has 3 amide bonds. The summed E-state index contributed by atoms with van der Waals surface area (Å²) in [5.74, 6) is -0.946. The van der Waals surface area contributed by atoms with Gasteiger partial charge in [-0.3, -0.25) is 63.0 Å². The molecule has 0 aliphatic heterocycles. The first-order valence-electron chi connectivity index (χ1n) is 30.1. The molecule has 0 aromatic carbocycles. The summed E-state index contributed by atoms with van der Waals surface area (Å²) in [6.45, 7) is 28.2. The van der Waals surface area contributed by atoms with E-state index in [1.54, 1.807) is 50.5 Å². The van der Waals surface area contributed by atoms with Gasteiger partial charge in [0.1, 0.15) is 50.3 Å². The number of pyridine rings is 6. The minimum Gasteiger partial charge on any atom is -0.481 e. The lowest BCUT2D eigenvalue weighted by molar-refractivity contribution is -0.134. The van der Waals surface area contributed by atoms with E-state index in [-0.39, 0.29) is 67.6 Å². The number of carbonyl (C=O) groups is 4. The van der Waals surface area contributed by atoms with Crippen molar-refractivity contribution in [3.63, 3.8) is 0 Å². The van der Waals surface area contributed by atoms with Crippen molar-refractivity contribution in [3.05, 3.63) is 154 Å². The molecule has 0 radical (unpaired) electrons. The monoisotopic (exact) mass is 1200 g/mol. The zero-order valence-corrected chi connectivity index (χ0v) is 53.0. The minimum absolute atomic E-state index is 0.0899. The normalized spacial score (nSPS) is 11.2. The first-order chi connectivity index (χ1) is 41.8. The van der Waals surface area contributed by atoms with Crippen molar-refractivity contribution in [2.24, 2.45) is 17.8 Å². The third kappa shape index (κ3) is 15.6. The molecule has 0 bridgehead atoms. The average Bonchev–Trinajstić information content (AvgIpc) is 0.818. The van der Waals surface area contributed by atoms with Crippen LogP contribution < -0.4 is 49.1 Å². The average molecular weight is 1200 g/mol. The van der Waals surface area contributed by atoms with Crippen LogP contribution in [0.25, 0.3) is 50.0 Å². The van der Waals surface area contributed by atoms with E-state index >= 15 is 0 Å². The van der Waals surface area contributed by atoms with Crippen molar-refractivity contribution in [2.75, 3.05) is 19.6 Å². The molecule has 9 aromatic heterocycles. The van der Waals surface area contributed by atoms with E-state index < -0.39 is 5.97 Å². The van der Waals surface area contributed by atoms with E-state index in [4.69, 9.17) is 41.1 Å².